The van der Waals surface area contributed by atoms with Gasteiger partial charge in [0, 0.05) is 24.7 Å². The highest BCUT2D eigenvalue weighted by atomic mass is 35.5. The van der Waals surface area contributed by atoms with Crippen molar-refractivity contribution in [3.63, 3.8) is 0 Å². The molecular weight excluding hydrogens is 296 g/mol. The van der Waals surface area contributed by atoms with Crippen LogP contribution < -0.4 is 5.32 Å². The minimum atomic E-state index is -0.432. The molecule has 3 aromatic rings. The molecule has 2 heterocycles. The number of nitro groups is 1. The zero-order valence-electron chi connectivity index (χ0n) is 10.6. The van der Waals surface area contributed by atoms with Crippen LogP contribution in [0.1, 0.15) is 5.56 Å². The quantitative estimate of drug-likeness (QED) is 0.451. The van der Waals surface area contributed by atoms with Crippen molar-refractivity contribution in [1.82, 2.24) is 19.6 Å². The second kappa shape index (κ2) is 5.33. The molecule has 106 valence electrons. The summed E-state index contributed by atoms with van der Waals surface area (Å²) in [4.78, 5) is 18.2. The molecule has 0 saturated heterocycles. The number of nitrogens with zero attached hydrogens (tertiary/aromatic N) is 5. The molecule has 0 spiro atoms. The number of hydrogen-bond acceptors (Lipinski definition) is 6. The summed E-state index contributed by atoms with van der Waals surface area (Å²) >= 11 is 5.91. The molecule has 0 bridgehead atoms. The Bertz CT molecular complexity index is 801. The number of anilines is 1. The van der Waals surface area contributed by atoms with Crippen LogP contribution in [0.4, 0.5) is 11.5 Å². The van der Waals surface area contributed by atoms with Crippen molar-refractivity contribution < 1.29 is 4.92 Å². The monoisotopic (exact) mass is 304 g/mol. The summed E-state index contributed by atoms with van der Waals surface area (Å²) < 4.78 is 1.53. The third kappa shape index (κ3) is 2.75. The van der Waals surface area contributed by atoms with Crippen LogP contribution in [0.5, 0.6) is 0 Å². The van der Waals surface area contributed by atoms with E-state index in [0.717, 1.165) is 5.56 Å². The second-order valence-electron chi connectivity index (χ2n) is 4.21. The number of nitro benzene ring substituents is 1. The molecule has 0 aliphatic heterocycles. The lowest BCUT2D eigenvalue weighted by Crippen LogP contribution is -2.06. The molecule has 2 aromatic heterocycles. The summed E-state index contributed by atoms with van der Waals surface area (Å²) in [6, 6.07) is 7.93. The van der Waals surface area contributed by atoms with Gasteiger partial charge in [-0.15, -0.1) is 0 Å². The number of non-ortho nitro benzene ring substituents is 1. The number of halogens is 1. The normalized spacial score (nSPS) is 10.7. The van der Waals surface area contributed by atoms with Gasteiger partial charge in [-0.3, -0.25) is 10.1 Å². The third-order valence-corrected chi connectivity index (χ3v) is 3.03. The number of hydrogen-bond donors (Lipinski definition) is 1. The van der Waals surface area contributed by atoms with E-state index in [2.05, 4.69) is 20.4 Å². The Hall–Kier alpha value is -2.74. The molecule has 0 saturated carbocycles. The Morgan fingerprint density at radius 1 is 1.33 bits per heavy atom. The van der Waals surface area contributed by atoms with Gasteiger partial charge in [0.25, 0.3) is 11.5 Å². The molecule has 3 rings (SSSR count). The van der Waals surface area contributed by atoms with E-state index in [0.29, 0.717) is 23.3 Å². The van der Waals surface area contributed by atoms with Crippen molar-refractivity contribution in [2.24, 2.45) is 0 Å². The average Bonchev–Trinajstić information content (AvgIpc) is 2.93. The van der Waals surface area contributed by atoms with E-state index >= 15 is 0 Å². The number of nitrogens with one attached hydrogen (secondary N) is 1. The van der Waals surface area contributed by atoms with Gasteiger partial charge in [-0.25, -0.2) is 0 Å². The standard InChI is InChI=1S/C12H9ClN6O2/c13-10-5-11(18-12(17-10)15-7-16-18)14-6-8-1-3-9(4-2-8)19(20)21/h1-5,7,14H,6H2. The number of benzene rings is 1. The van der Waals surface area contributed by atoms with Crippen LogP contribution >= 0.6 is 11.6 Å². The minimum absolute atomic E-state index is 0.0596. The van der Waals surface area contributed by atoms with Crippen LogP contribution in [-0.4, -0.2) is 24.5 Å². The van der Waals surface area contributed by atoms with Crippen molar-refractivity contribution in [3.8, 4) is 0 Å². The molecule has 9 heteroatoms. The first-order valence-electron chi connectivity index (χ1n) is 5.97. The molecule has 0 aliphatic rings. The largest absolute Gasteiger partial charge is 0.366 e. The summed E-state index contributed by atoms with van der Waals surface area (Å²) in [7, 11) is 0. The van der Waals surface area contributed by atoms with E-state index in [1.807, 2.05) is 0 Å². The number of aromatic nitrogens is 4. The maximum Gasteiger partial charge on any atom is 0.269 e. The highest BCUT2D eigenvalue weighted by Crippen LogP contribution is 2.16. The Morgan fingerprint density at radius 2 is 2.10 bits per heavy atom. The third-order valence-electron chi connectivity index (χ3n) is 2.84. The first-order chi connectivity index (χ1) is 10.1. The van der Waals surface area contributed by atoms with Crippen LogP contribution in [0.25, 0.3) is 5.78 Å². The van der Waals surface area contributed by atoms with Crippen molar-refractivity contribution >= 4 is 28.9 Å². The fraction of sp³-hybridized carbons (Fsp3) is 0.0833. The lowest BCUT2D eigenvalue weighted by Gasteiger charge is -2.08. The fourth-order valence-corrected chi connectivity index (χ4v) is 2.02. The van der Waals surface area contributed by atoms with Gasteiger partial charge in [-0.05, 0) is 5.56 Å². The summed E-state index contributed by atoms with van der Waals surface area (Å²) in [6.45, 7) is 0.466. The smallest absolute Gasteiger partial charge is 0.269 e. The van der Waals surface area contributed by atoms with E-state index in [-0.39, 0.29) is 5.69 Å². The van der Waals surface area contributed by atoms with Gasteiger partial charge in [-0.2, -0.15) is 19.6 Å². The lowest BCUT2D eigenvalue weighted by atomic mass is 10.2. The zero-order valence-corrected chi connectivity index (χ0v) is 11.4. The predicted octanol–water partition coefficient (Wildman–Crippen LogP) is 2.30. The Morgan fingerprint density at radius 3 is 2.81 bits per heavy atom. The maximum absolute atomic E-state index is 10.6. The molecule has 0 amide bonds. The molecule has 1 N–H and O–H groups in total. The van der Waals surface area contributed by atoms with Crippen molar-refractivity contribution in [2.45, 2.75) is 6.54 Å². The summed E-state index contributed by atoms with van der Waals surface area (Å²) in [6.07, 6.45) is 1.38. The summed E-state index contributed by atoms with van der Waals surface area (Å²) in [5.74, 6) is 1.04. The van der Waals surface area contributed by atoms with Gasteiger partial charge in [0.1, 0.15) is 17.3 Å². The molecule has 0 fully saturated rings. The molecule has 0 unspecified atom stereocenters. The summed E-state index contributed by atoms with van der Waals surface area (Å²) in [5, 5.41) is 18.1. The molecule has 8 nitrogen and oxygen atoms in total. The highest BCUT2D eigenvalue weighted by molar-refractivity contribution is 6.29. The fourth-order valence-electron chi connectivity index (χ4n) is 1.84. The van der Waals surface area contributed by atoms with Crippen LogP contribution in [0.15, 0.2) is 36.7 Å². The number of fused-ring (bicyclic) bond motifs is 1. The molecule has 0 atom stereocenters. The predicted molar refractivity (Wildman–Crippen MR) is 76.2 cm³/mol. The van der Waals surface area contributed by atoms with E-state index in [9.17, 15) is 10.1 Å². The van der Waals surface area contributed by atoms with E-state index in [1.165, 1.54) is 23.0 Å². The van der Waals surface area contributed by atoms with Crippen LogP contribution in [0.3, 0.4) is 0 Å². The van der Waals surface area contributed by atoms with Crippen molar-refractivity contribution in [2.75, 3.05) is 5.32 Å². The van der Waals surface area contributed by atoms with Gasteiger partial charge in [0.05, 0.1) is 4.92 Å². The van der Waals surface area contributed by atoms with Crippen LogP contribution in [-0.2, 0) is 6.54 Å². The second-order valence-corrected chi connectivity index (χ2v) is 4.60. The van der Waals surface area contributed by atoms with Crippen molar-refractivity contribution in [3.05, 3.63) is 57.5 Å². The Labute approximate surface area is 123 Å². The molecular formula is C12H9ClN6O2. The maximum atomic E-state index is 10.6. The first kappa shape index (κ1) is 13.3. The van der Waals surface area contributed by atoms with Crippen molar-refractivity contribution in [1.29, 1.82) is 0 Å². The average molecular weight is 305 g/mol. The minimum Gasteiger partial charge on any atom is -0.366 e. The van der Waals surface area contributed by atoms with Gasteiger partial charge >= 0.3 is 0 Å². The van der Waals surface area contributed by atoms with Gasteiger partial charge in [-0.1, -0.05) is 23.7 Å². The van der Waals surface area contributed by atoms with Gasteiger partial charge in [0.15, 0.2) is 0 Å². The number of rotatable bonds is 4. The van der Waals surface area contributed by atoms with Crippen LogP contribution in [0.2, 0.25) is 5.15 Å². The summed E-state index contributed by atoms with van der Waals surface area (Å²) in [5.41, 5.74) is 0.950. The highest BCUT2D eigenvalue weighted by Gasteiger charge is 2.07. The zero-order chi connectivity index (χ0) is 14.8. The molecule has 0 aliphatic carbocycles. The molecule has 0 radical (unpaired) electrons. The molecule has 1 aromatic carbocycles. The first-order valence-corrected chi connectivity index (χ1v) is 6.35. The van der Waals surface area contributed by atoms with E-state index in [4.69, 9.17) is 11.6 Å². The SMILES string of the molecule is O=[N+]([O-])c1ccc(CNc2cc(Cl)nc3ncnn23)cc1. The lowest BCUT2D eigenvalue weighted by molar-refractivity contribution is -0.384. The Kier molecular flexibility index (Phi) is 3.36. The molecule has 21 heavy (non-hydrogen) atoms. The van der Waals surface area contributed by atoms with Gasteiger partial charge in [0.2, 0.25) is 0 Å². The topological polar surface area (TPSA) is 98.2 Å². The Balaban J connectivity index is 1.80. The van der Waals surface area contributed by atoms with E-state index in [1.54, 1.807) is 18.2 Å². The van der Waals surface area contributed by atoms with Gasteiger partial charge < -0.3 is 5.32 Å². The van der Waals surface area contributed by atoms with Crippen LogP contribution in [0, 0.1) is 10.1 Å². The van der Waals surface area contributed by atoms with E-state index < -0.39 is 4.92 Å².